The summed E-state index contributed by atoms with van der Waals surface area (Å²) in [6, 6.07) is 1.87. The summed E-state index contributed by atoms with van der Waals surface area (Å²) in [7, 11) is 0. The van der Waals surface area contributed by atoms with Gasteiger partial charge in [-0.05, 0) is 12.1 Å². The van der Waals surface area contributed by atoms with E-state index in [-0.39, 0.29) is 17.1 Å². The summed E-state index contributed by atoms with van der Waals surface area (Å²) < 4.78 is 31.1. The number of alkyl carbamates (subject to hydrolysis) is 1. The lowest BCUT2D eigenvalue weighted by Gasteiger charge is -2.11. The van der Waals surface area contributed by atoms with E-state index in [2.05, 4.69) is 5.32 Å². The lowest BCUT2D eigenvalue weighted by molar-refractivity contribution is 0.139. The highest BCUT2D eigenvalue weighted by atomic mass is 35.5. The minimum Gasteiger partial charge on any atom is -0.439 e. The van der Waals surface area contributed by atoms with Gasteiger partial charge in [-0.1, -0.05) is 11.6 Å². The van der Waals surface area contributed by atoms with E-state index in [0.29, 0.717) is 0 Å². The average molecular weight is 234 g/mol. The van der Waals surface area contributed by atoms with E-state index >= 15 is 0 Å². The van der Waals surface area contributed by atoms with E-state index in [0.717, 1.165) is 12.1 Å². The molecule has 0 bridgehead atoms. The Morgan fingerprint density at radius 2 is 2.07 bits per heavy atom. The number of cyclic esters (lactones) is 1. The maximum Gasteiger partial charge on any atom is 0.407 e. The molecule has 80 valence electrons. The SMILES string of the molecule is O=C1NCC(c2c(F)ccc(F)c2Cl)O1. The topological polar surface area (TPSA) is 38.3 Å². The van der Waals surface area contributed by atoms with Crippen LogP contribution in [0, 0.1) is 11.6 Å². The van der Waals surface area contributed by atoms with Crippen LogP contribution in [0.2, 0.25) is 5.02 Å². The van der Waals surface area contributed by atoms with E-state index in [1.54, 1.807) is 0 Å². The van der Waals surface area contributed by atoms with E-state index in [1.807, 2.05) is 0 Å². The summed E-state index contributed by atoms with van der Waals surface area (Å²) in [6.45, 7) is 0.0823. The van der Waals surface area contributed by atoms with Crippen molar-refractivity contribution in [1.29, 1.82) is 0 Å². The number of carbonyl (C=O) groups excluding carboxylic acids is 1. The largest absolute Gasteiger partial charge is 0.439 e. The predicted molar refractivity (Wildman–Crippen MR) is 48.6 cm³/mol. The van der Waals surface area contributed by atoms with Crippen molar-refractivity contribution in [3.63, 3.8) is 0 Å². The van der Waals surface area contributed by atoms with Gasteiger partial charge in [0.05, 0.1) is 17.1 Å². The Kier molecular flexibility index (Phi) is 2.48. The van der Waals surface area contributed by atoms with Crippen LogP contribution in [0.1, 0.15) is 11.7 Å². The number of rotatable bonds is 1. The number of nitrogens with one attached hydrogen (secondary N) is 1. The van der Waals surface area contributed by atoms with Crippen LogP contribution in [0.25, 0.3) is 0 Å². The highest BCUT2D eigenvalue weighted by Crippen LogP contribution is 2.31. The van der Waals surface area contributed by atoms with Crippen LogP contribution in [0.15, 0.2) is 12.1 Å². The molecule has 1 amide bonds. The van der Waals surface area contributed by atoms with Crippen molar-refractivity contribution in [2.45, 2.75) is 6.10 Å². The van der Waals surface area contributed by atoms with Crippen LogP contribution in [0.4, 0.5) is 13.6 Å². The van der Waals surface area contributed by atoms with Gasteiger partial charge in [-0.3, -0.25) is 0 Å². The lowest BCUT2D eigenvalue weighted by Crippen LogP contribution is -2.12. The molecule has 6 heteroatoms. The molecular formula is C9H6ClF2NO2. The summed E-state index contributed by atoms with van der Waals surface area (Å²) in [5.74, 6) is -1.43. The number of benzene rings is 1. The smallest absolute Gasteiger partial charge is 0.407 e. The summed E-state index contributed by atoms with van der Waals surface area (Å²) in [5, 5.41) is 1.98. The Bertz CT molecular complexity index is 425. The average Bonchev–Trinajstić information content (AvgIpc) is 2.59. The number of hydrogen-bond acceptors (Lipinski definition) is 2. The van der Waals surface area contributed by atoms with E-state index in [1.165, 1.54) is 0 Å². The van der Waals surface area contributed by atoms with Gasteiger partial charge in [0.2, 0.25) is 0 Å². The quantitative estimate of drug-likeness (QED) is 0.757. The first kappa shape index (κ1) is 10.2. The third kappa shape index (κ3) is 1.74. The molecule has 1 atom stereocenters. The fourth-order valence-electron chi connectivity index (χ4n) is 1.39. The zero-order valence-electron chi connectivity index (χ0n) is 7.39. The minimum atomic E-state index is -0.874. The van der Waals surface area contributed by atoms with Crippen molar-refractivity contribution in [2.24, 2.45) is 0 Å². The molecule has 1 saturated heterocycles. The second-order valence-corrected chi connectivity index (χ2v) is 3.41. The molecule has 1 aromatic rings. The number of amides is 1. The maximum absolute atomic E-state index is 13.3. The standard InChI is InChI=1S/C9H6ClF2NO2/c10-8-5(12)2-1-4(11)7(8)6-3-13-9(14)15-6/h1-2,6H,3H2,(H,13,14). The van der Waals surface area contributed by atoms with Crippen molar-refractivity contribution < 1.29 is 18.3 Å². The van der Waals surface area contributed by atoms with Crippen LogP contribution >= 0.6 is 11.6 Å². The van der Waals surface area contributed by atoms with Gasteiger partial charge in [-0.15, -0.1) is 0 Å². The highest BCUT2D eigenvalue weighted by molar-refractivity contribution is 6.31. The monoisotopic (exact) mass is 233 g/mol. The number of carbonyl (C=O) groups is 1. The first-order chi connectivity index (χ1) is 7.09. The second kappa shape index (κ2) is 3.66. The first-order valence-corrected chi connectivity index (χ1v) is 4.55. The maximum atomic E-state index is 13.3. The molecule has 1 N–H and O–H groups in total. The van der Waals surface area contributed by atoms with Crippen molar-refractivity contribution in [3.8, 4) is 0 Å². The van der Waals surface area contributed by atoms with E-state index < -0.39 is 23.8 Å². The van der Waals surface area contributed by atoms with Crippen molar-refractivity contribution in [1.82, 2.24) is 5.32 Å². The fourth-order valence-corrected chi connectivity index (χ4v) is 1.66. The lowest BCUT2D eigenvalue weighted by atomic mass is 10.1. The van der Waals surface area contributed by atoms with Crippen LogP contribution < -0.4 is 5.32 Å². The van der Waals surface area contributed by atoms with Crippen LogP contribution in [0.3, 0.4) is 0 Å². The van der Waals surface area contributed by atoms with E-state index in [4.69, 9.17) is 16.3 Å². The molecule has 15 heavy (non-hydrogen) atoms. The van der Waals surface area contributed by atoms with Crippen LogP contribution in [-0.4, -0.2) is 12.6 Å². The van der Waals surface area contributed by atoms with Crippen molar-refractivity contribution >= 4 is 17.7 Å². The Labute approximate surface area is 89.0 Å². The van der Waals surface area contributed by atoms with Crippen LogP contribution in [-0.2, 0) is 4.74 Å². The number of ether oxygens (including phenoxy) is 1. The van der Waals surface area contributed by atoms with Gasteiger partial charge in [0.25, 0.3) is 0 Å². The first-order valence-electron chi connectivity index (χ1n) is 4.17. The molecule has 1 fully saturated rings. The van der Waals surface area contributed by atoms with Crippen molar-refractivity contribution in [3.05, 3.63) is 34.4 Å². The van der Waals surface area contributed by atoms with Gasteiger partial charge >= 0.3 is 6.09 Å². The molecular weight excluding hydrogens is 228 g/mol. The van der Waals surface area contributed by atoms with Crippen molar-refractivity contribution in [2.75, 3.05) is 6.54 Å². The normalized spacial score (nSPS) is 19.9. The Morgan fingerprint density at radius 1 is 1.40 bits per heavy atom. The molecule has 1 unspecified atom stereocenters. The van der Waals surface area contributed by atoms with Gasteiger partial charge in [-0.2, -0.15) is 0 Å². The summed E-state index contributed by atoms with van der Waals surface area (Å²) >= 11 is 5.59. The molecule has 1 aliphatic heterocycles. The Balaban J connectivity index is 2.43. The third-order valence-electron chi connectivity index (χ3n) is 2.08. The molecule has 1 aromatic carbocycles. The molecule has 0 saturated carbocycles. The predicted octanol–water partition coefficient (Wildman–Crippen LogP) is 2.40. The fraction of sp³-hybridized carbons (Fsp3) is 0.222. The zero-order valence-corrected chi connectivity index (χ0v) is 8.15. The van der Waals surface area contributed by atoms with Gasteiger partial charge < -0.3 is 10.1 Å². The third-order valence-corrected chi connectivity index (χ3v) is 2.47. The van der Waals surface area contributed by atoms with Gasteiger partial charge in [-0.25, -0.2) is 13.6 Å². The summed E-state index contributed by atoms with van der Waals surface area (Å²) in [6.07, 6.45) is -1.54. The van der Waals surface area contributed by atoms with Gasteiger partial charge in [0.1, 0.15) is 11.6 Å². The molecule has 1 aliphatic rings. The summed E-state index contributed by atoms with van der Waals surface area (Å²) in [4.78, 5) is 10.7. The van der Waals surface area contributed by atoms with Gasteiger partial charge in [0.15, 0.2) is 6.10 Å². The number of halogens is 3. The second-order valence-electron chi connectivity index (χ2n) is 3.03. The molecule has 1 heterocycles. The molecule has 2 rings (SSSR count). The van der Waals surface area contributed by atoms with Gasteiger partial charge in [0, 0.05) is 0 Å². The Hall–Kier alpha value is -1.36. The highest BCUT2D eigenvalue weighted by Gasteiger charge is 2.29. The number of hydrogen-bond donors (Lipinski definition) is 1. The Morgan fingerprint density at radius 3 is 2.67 bits per heavy atom. The molecule has 0 aliphatic carbocycles. The minimum absolute atomic E-state index is 0.0823. The van der Waals surface area contributed by atoms with Crippen LogP contribution in [0.5, 0.6) is 0 Å². The summed E-state index contributed by atoms with van der Waals surface area (Å²) in [5.41, 5.74) is -0.130. The van der Waals surface area contributed by atoms with E-state index in [9.17, 15) is 13.6 Å². The molecule has 0 aromatic heterocycles. The zero-order chi connectivity index (χ0) is 11.0. The molecule has 3 nitrogen and oxygen atoms in total. The molecule has 0 radical (unpaired) electrons. The molecule has 0 spiro atoms.